The van der Waals surface area contributed by atoms with Gasteiger partial charge in [0, 0.05) is 36.7 Å². The molecular weight excluding hydrogens is 282 g/mol. The van der Waals surface area contributed by atoms with Gasteiger partial charge in [-0.15, -0.1) is 11.3 Å². The molecule has 0 spiro atoms. The van der Waals surface area contributed by atoms with E-state index in [1.807, 2.05) is 6.07 Å². The number of hydrogen-bond donors (Lipinski definition) is 1. The van der Waals surface area contributed by atoms with Crippen LogP contribution in [0.5, 0.6) is 0 Å². The molecule has 0 atom stereocenters. The van der Waals surface area contributed by atoms with Gasteiger partial charge >= 0.3 is 0 Å². The molecule has 108 valence electrons. The number of aromatic nitrogens is 1. The zero-order valence-electron chi connectivity index (χ0n) is 11.7. The van der Waals surface area contributed by atoms with Gasteiger partial charge in [-0.25, -0.2) is 4.98 Å². The number of anilines is 1. The number of oxazole rings is 1. The molecule has 1 saturated heterocycles. The summed E-state index contributed by atoms with van der Waals surface area (Å²) < 4.78 is 5.85. The lowest BCUT2D eigenvalue weighted by atomic mass is 10.2. The van der Waals surface area contributed by atoms with Crippen LogP contribution in [0.15, 0.2) is 40.1 Å². The molecule has 3 heterocycles. The SMILES string of the molecule is c1csc(Cc2nc3cc(N4CCNCC4)ccc3o2)c1. The maximum absolute atomic E-state index is 5.85. The molecule has 1 aromatic carbocycles. The minimum atomic E-state index is 0.773. The smallest absolute Gasteiger partial charge is 0.200 e. The van der Waals surface area contributed by atoms with Crippen molar-refractivity contribution in [1.29, 1.82) is 0 Å². The molecule has 4 nitrogen and oxygen atoms in total. The van der Waals surface area contributed by atoms with E-state index < -0.39 is 0 Å². The minimum Gasteiger partial charge on any atom is -0.440 e. The van der Waals surface area contributed by atoms with Crippen LogP contribution in [0.2, 0.25) is 0 Å². The number of benzene rings is 1. The van der Waals surface area contributed by atoms with Crippen molar-refractivity contribution in [2.75, 3.05) is 31.1 Å². The predicted octanol–water partition coefficient (Wildman–Crippen LogP) is 2.89. The van der Waals surface area contributed by atoms with Crippen LogP contribution in [-0.4, -0.2) is 31.2 Å². The lowest BCUT2D eigenvalue weighted by molar-refractivity contribution is 0.545. The van der Waals surface area contributed by atoms with Gasteiger partial charge in [0.05, 0.1) is 6.42 Å². The lowest BCUT2D eigenvalue weighted by Crippen LogP contribution is -2.43. The fraction of sp³-hybridized carbons (Fsp3) is 0.312. The highest BCUT2D eigenvalue weighted by Crippen LogP contribution is 2.24. The van der Waals surface area contributed by atoms with Crippen LogP contribution in [0.25, 0.3) is 11.1 Å². The van der Waals surface area contributed by atoms with Crippen molar-refractivity contribution in [2.24, 2.45) is 0 Å². The Morgan fingerprint density at radius 3 is 2.95 bits per heavy atom. The molecule has 21 heavy (non-hydrogen) atoms. The Morgan fingerprint density at radius 2 is 2.14 bits per heavy atom. The monoisotopic (exact) mass is 299 g/mol. The van der Waals surface area contributed by atoms with E-state index in [2.05, 4.69) is 44.8 Å². The Balaban J connectivity index is 1.61. The normalized spacial score (nSPS) is 15.7. The summed E-state index contributed by atoms with van der Waals surface area (Å²) in [5, 5.41) is 5.46. The molecule has 1 aliphatic heterocycles. The molecule has 0 radical (unpaired) electrons. The van der Waals surface area contributed by atoms with Crippen molar-refractivity contribution in [3.05, 3.63) is 46.5 Å². The van der Waals surface area contributed by atoms with Crippen LogP contribution in [0.4, 0.5) is 5.69 Å². The third-order valence-electron chi connectivity index (χ3n) is 3.80. The molecule has 2 aromatic heterocycles. The number of rotatable bonds is 3. The molecule has 0 bridgehead atoms. The summed E-state index contributed by atoms with van der Waals surface area (Å²) in [7, 11) is 0. The second-order valence-corrected chi connectivity index (χ2v) is 6.29. The standard InChI is InChI=1S/C16H17N3OS/c1-2-13(21-9-1)11-16-18-14-10-12(3-4-15(14)20-16)19-7-5-17-6-8-19/h1-4,9-10,17H,5-8,11H2. The van der Waals surface area contributed by atoms with E-state index in [0.29, 0.717) is 0 Å². The molecule has 0 aliphatic carbocycles. The number of fused-ring (bicyclic) bond motifs is 1. The highest BCUT2D eigenvalue weighted by atomic mass is 32.1. The molecule has 5 heteroatoms. The second kappa shape index (κ2) is 5.50. The van der Waals surface area contributed by atoms with Gasteiger partial charge in [-0.1, -0.05) is 6.07 Å². The second-order valence-electron chi connectivity index (χ2n) is 5.25. The van der Waals surface area contributed by atoms with Gasteiger partial charge in [0.25, 0.3) is 0 Å². The van der Waals surface area contributed by atoms with Crippen LogP contribution < -0.4 is 10.2 Å². The molecule has 1 aliphatic rings. The van der Waals surface area contributed by atoms with Gasteiger partial charge in [0.2, 0.25) is 5.89 Å². The molecule has 4 rings (SSSR count). The summed E-state index contributed by atoms with van der Waals surface area (Å²) in [6.07, 6.45) is 0.773. The average Bonchev–Trinajstić information content (AvgIpc) is 3.16. The van der Waals surface area contributed by atoms with Crippen LogP contribution in [0, 0.1) is 0 Å². The van der Waals surface area contributed by atoms with Crippen molar-refractivity contribution in [2.45, 2.75) is 6.42 Å². The summed E-state index contributed by atoms with van der Waals surface area (Å²) >= 11 is 1.74. The summed E-state index contributed by atoms with van der Waals surface area (Å²) in [5.74, 6) is 0.796. The molecule has 0 unspecified atom stereocenters. The zero-order valence-corrected chi connectivity index (χ0v) is 12.5. The summed E-state index contributed by atoms with van der Waals surface area (Å²) in [6.45, 7) is 4.18. The van der Waals surface area contributed by atoms with Crippen molar-refractivity contribution in [3.8, 4) is 0 Å². The number of piperazine rings is 1. The van der Waals surface area contributed by atoms with E-state index in [4.69, 9.17) is 4.42 Å². The maximum Gasteiger partial charge on any atom is 0.200 e. The molecule has 0 amide bonds. The molecule has 1 N–H and O–H groups in total. The van der Waals surface area contributed by atoms with E-state index in [9.17, 15) is 0 Å². The van der Waals surface area contributed by atoms with E-state index in [-0.39, 0.29) is 0 Å². The number of thiophene rings is 1. The third-order valence-corrected chi connectivity index (χ3v) is 4.68. The molecular formula is C16H17N3OS. The highest BCUT2D eigenvalue weighted by molar-refractivity contribution is 7.09. The maximum atomic E-state index is 5.85. The van der Waals surface area contributed by atoms with Crippen molar-refractivity contribution < 1.29 is 4.42 Å². The third kappa shape index (κ3) is 2.66. The van der Waals surface area contributed by atoms with Crippen molar-refractivity contribution >= 4 is 28.1 Å². The quantitative estimate of drug-likeness (QED) is 0.807. The van der Waals surface area contributed by atoms with Crippen molar-refractivity contribution in [3.63, 3.8) is 0 Å². The number of nitrogens with one attached hydrogen (secondary N) is 1. The largest absolute Gasteiger partial charge is 0.440 e. The highest BCUT2D eigenvalue weighted by Gasteiger charge is 2.13. The van der Waals surface area contributed by atoms with E-state index in [1.165, 1.54) is 10.6 Å². The fourth-order valence-electron chi connectivity index (χ4n) is 2.72. The Hall–Kier alpha value is -1.85. The zero-order chi connectivity index (χ0) is 14.1. The van der Waals surface area contributed by atoms with Gasteiger partial charge < -0.3 is 14.6 Å². The fourth-order valence-corrected chi connectivity index (χ4v) is 3.42. The Kier molecular flexibility index (Phi) is 3.37. The first kappa shape index (κ1) is 12.9. The minimum absolute atomic E-state index is 0.773. The van der Waals surface area contributed by atoms with Crippen LogP contribution in [-0.2, 0) is 6.42 Å². The lowest BCUT2D eigenvalue weighted by Gasteiger charge is -2.29. The van der Waals surface area contributed by atoms with Gasteiger partial charge in [-0.2, -0.15) is 0 Å². The molecule has 0 saturated carbocycles. The first-order valence-corrected chi connectivity index (χ1v) is 8.14. The van der Waals surface area contributed by atoms with Crippen LogP contribution in [0.3, 0.4) is 0 Å². The van der Waals surface area contributed by atoms with E-state index in [1.54, 1.807) is 11.3 Å². The van der Waals surface area contributed by atoms with Gasteiger partial charge in [0.1, 0.15) is 5.52 Å². The molecule has 1 fully saturated rings. The number of hydrogen-bond acceptors (Lipinski definition) is 5. The Bertz CT molecular complexity index is 729. The average molecular weight is 299 g/mol. The van der Waals surface area contributed by atoms with E-state index in [0.717, 1.165) is 49.6 Å². The molecule has 3 aromatic rings. The summed E-state index contributed by atoms with van der Waals surface area (Å²) in [4.78, 5) is 8.31. The van der Waals surface area contributed by atoms with Crippen LogP contribution in [0.1, 0.15) is 10.8 Å². The number of nitrogens with zero attached hydrogens (tertiary/aromatic N) is 2. The van der Waals surface area contributed by atoms with Gasteiger partial charge in [-0.3, -0.25) is 0 Å². The van der Waals surface area contributed by atoms with Crippen molar-refractivity contribution in [1.82, 2.24) is 10.3 Å². The van der Waals surface area contributed by atoms with E-state index >= 15 is 0 Å². The summed E-state index contributed by atoms with van der Waals surface area (Å²) in [5.41, 5.74) is 3.07. The Labute approximate surface area is 127 Å². The first-order valence-electron chi connectivity index (χ1n) is 7.26. The van der Waals surface area contributed by atoms with Crippen LogP contribution >= 0.6 is 11.3 Å². The predicted molar refractivity (Wildman–Crippen MR) is 86.2 cm³/mol. The Morgan fingerprint density at radius 1 is 1.24 bits per heavy atom. The topological polar surface area (TPSA) is 41.3 Å². The van der Waals surface area contributed by atoms with Gasteiger partial charge in [0.15, 0.2) is 5.58 Å². The summed E-state index contributed by atoms with van der Waals surface area (Å²) in [6, 6.07) is 10.5. The van der Waals surface area contributed by atoms with Gasteiger partial charge in [-0.05, 0) is 29.6 Å². The first-order chi connectivity index (χ1) is 10.4.